The Labute approximate surface area is 117 Å². The zero-order valence-corrected chi connectivity index (χ0v) is 12.8. The predicted octanol–water partition coefficient (Wildman–Crippen LogP) is 3.23. The summed E-state index contributed by atoms with van der Waals surface area (Å²) in [6.45, 7) is 9.22. The van der Waals surface area contributed by atoms with Crippen molar-refractivity contribution in [1.29, 1.82) is 0 Å². The van der Waals surface area contributed by atoms with Gasteiger partial charge in [0, 0.05) is 32.2 Å². The van der Waals surface area contributed by atoms with E-state index in [2.05, 4.69) is 25.7 Å². The van der Waals surface area contributed by atoms with Crippen LogP contribution in [-0.2, 0) is 9.53 Å². The summed E-state index contributed by atoms with van der Waals surface area (Å²) in [5.41, 5.74) is 0.177. The van der Waals surface area contributed by atoms with Gasteiger partial charge in [-0.3, -0.25) is 4.79 Å². The minimum absolute atomic E-state index is 0.177. The lowest BCUT2D eigenvalue weighted by Gasteiger charge is -2.42. The van der Waals surface area contributed by atoms with E-state index in [1.807, 2.05) is 0 Å². The molecule has 1 saturated carbocycles. The second-order valence-corrected chi connectivity index (χ2v) is 6.44. The molecule has 2 aliphatic rings. The highest BCUT2D eigenvalue weighted by Gasteiger charge is 2.41. The summed E-state index contributed by atoms with van der Waals surface area (Å²) in [5.74, 6) is 0.887. The third-order valence-electron chi connectivity index (χ3n) is 5.14. The second kappa shape index (κ2) is 6.25. The Morgan fingerprint density at radius 2 is 2.11 bits per heavy atom. The fourth-order valence-corrected chi connectivity index (χ4v) is 3.41. The van der Waals surface area contributed by atoms with Gasteiger partial charge in [0.1, 0.15) is 0 Å². The molecule has 0 N–H and O–H groups in total. The number of hydrogen-bond acceptors (Lipinski definition) is 2. The highest BCUT2D eigenvalue weighted by atomic mass is 16.5. The molecule has 3 nitrogen and oxygen atoms in total. The van der Waals surface area contributed by atoms with Crippen molar-refractivity contribution in [3.63, 3.8) is 0 Å². The molecule has 2 rings (SSSR count). The lowest BCUT2D eigenvalue weighted by atomic mass is 9.68. The van der Waals surface area contributed by atoms with E-state index in [0.29, 0.717) is 17.9 Å². The lowest BCUT2D eigenvalue weighted by Crippen LogP contribution is -2.43. The third kappa shape index (κ3) is 3.31. The summed E-state index contributed by atoms with van der Waals surface area (Å²) in [4.78, 5) is 14.8. The van der Waals surface area contributed by atoms with Gasteiger partial charge in [0.25, 0.3) is 0 Å². The van der Waals surface area contributed by atoms with Crippen molar-refractivity contribution in [2.24, 2.45) is 11.3 Å². The number of hydrogen-bond donors (Lipinski definition) is 0. The molecule has 0 aromatic rings. The molecule has 1 saturated heterocycles. The molecule has 0 spiro atoms. The van der Waals surface area contributed by atoms with Crippen LogP contribution in [0.3, 0.4) is 0 Å². The number of carbonyl (C=O) groups is 1. The van der Waals surface area contributed by atoms with Gasteiger partial charge in [-0.1, -0.05) is 20.8 Å². The molecule has 2 atom stereocenters. The molecule has 110 valence electrons. The molecule has 0 aromatic heterocycles. The highest BCUT2D eigenvalue weighted by molar-refractivity contribution is 5.77. The molecule has 3 heteroatoms. The first-order valence-electron chi connectivity index (χ1n) is 8.00. The molecule has 1 aliphatic carbocycles. The van der Waals surface area contributed by atoms with Gasteiger partial charge in [-0.25, -0.2) is 0 Å². The standard InChI is InChI=1S/C16H29NO2/c1-4-9-17(14-6-7-14)15(18)11-16(5-2)8-10-19-12-13(16)3/h13-14H,4-12H2,1-3H3. The van der Waals surface area contributed by atoms with E-state index in [4.69, 9.17) is 4.74 Å². The minimum Gasteiger partial charge on any atom is -0.381 e. The first-order valence-corrected chi connectivity index (χ1v) is 8.00. The van der Waals surface area contributed by atoms with Crippen LogP contribution < -0.4 is 0 Å². The quantitative estimate of drug-likeness (QED) is 0.739. The molecule has 0 bridgehead atoms. The van der Waals surface area contributed by atoms with Crippen molar-refractivity contribution < 1.29 is 9.53 Å². The van der Waals surface area contributed by atoms with Gasteiger partial charge in [0.15, 0.2) is 0 Å². The van der Waals surface area contributed by atoms with Crippen LogP contribution in [0.4, 0.5) is 0 Å². The molecule has 0 radical (unpaired) electrons. The SMILES string of the molecule is CCCN(C(=O)CC1(CC)CCOCC1C)C1CC1. The maximum absolute atomic E-state index is 12.7. The van der Waals surface area contributed by atoms with Gasteiger partial charge in [-0.15, -0.1) is 0 Å². The Balaban J connectivity index is 2.01. The summed E-state index contributed by atoms with van der Waals surface area (Å²) in [6.07, 6.45) is 6.35. The average molecular weight is 267 g/mol. The highest BCUT2D eigenvalue weighted by Crippen LogP contribution is 2.43. The lowest BCUT2D eigenvalue weighted by molar-refractivity contribution is -0.138. The molecular formula is C16H29NO2. The summed E-state index contributed by atoms with van der Waals surface area (Å²) in [5, 5.41) is 0. The van der Waals surface area contributed by atoms with Crippen LogP contribution >= 0.6 is 0 Å². The maximum atomic E-state index is 12.7. The van der Waals surface area contributed by atoms with Gasteiger partial charge in [0.05, 0.1) is 0 Å². The first kappa shape index (κ1) is 14.8. The maximum Gasteiger partial charge on any atom is 0.223 e. The van der Waals surface area contributed by atoms with Crippen LogP contribution in [0.25, 0.3) is 0 Å². The van der Waals surface area contributed by atoms with E-state index in [1.54, 1.807) is 0 Å². The summed E-state index contributed by atoms with van der Waals surface area (Å²) in [6, 6.07) is 0.552. The van der Waals surface area contributed by atoms with E-state index >= 15 is 0 Å². The van der Waals surface area contributed by atoms with Crippen molar-refractivity contribution in [1.82, 2.24) is 4.90 Å². The van der Waals surface area contributed by atoms with Crippen LogP contribution in [0.5, 0.6) is 0 Å². The Hall–Kier alpha value is -0.570. The van der Waals surface area contributed by atoms with E-state index in [1.165, 1.54) is 12.8 Å². The van der Waals surface area contributed by atoms with Crippen LogP contribution in [0.1, 0.15) is 59.3 Å². The van der Waals surface area contributed by atoms with Crippen molar-refractivity contribution >= 4 is 5.91 Å². The smallest absolute Gasteiger partial charge is 0.223 e. The number of ether oxygens (including phenoxy) is 1. The van der Waals surface area contributed by atoms with E-state index < -0.39 is 0 Å². The Morgan fingerprint density at radius 3 is 2.63 bits per heavy atom. The zero-order chi connectivity index (χ0) is 13.9. The van der Waals surface area contributed by atoms with E-state index in [9.17, 15) is 4.79 Å². The molecule has 19 heavy (non-hydrogen) atoms. The third-order valence-corrected chi connectivity index (χ3v) is 5.14. The Bertz CT molecular complexity index is 314. The van der Waals surface area contributed by atoms with Crippen LogP contribution in [-0.4, -0.2) is 36.6 Å². The van der Waals surface area contributed by atoms with Crippen molar-refractivity contribution in [2.45, 2.75) is 65.3 Å². The first-order chi connectivity index (χ1) is 9.13. The monoisotopic (exact) mass is 267 g/mol. The van der Waals surface area contributed by atoms with E-state index in [-0.39, 0.29) is 5.41 Å². The van der Waals surface area contributed by atoms with Gasteiger partial charge >= 0.3 is 0 Å². The van der Waals surface area contributed by atoms with Crippen LogP contribution in [0.2, 0.25) is 0 Å². The van der Waals surface area contributed by atoms with Gasteiger partial charge in [-0.2, -0.15) is 0 Å². The average Bonchev–Trinajstić information content (AvgIpc) is 3.23. The van der Waals surface area contributed by atoms with Gasteiger partial charge in [0.2, 0.25) is 5.91 Å². The largest absolute Gasteiger partial charge is 0.381 e. The number of nitrogens with zero attached hydrogens (tertiary/aromatic N) is 1. The fourth-order valence-electron chi connectivity index (χ4n) is 3.41. The normalized spacial score (nSPS) is 31.2. The molecular weight excluding hydrogens is 238 g/mol. The number of rotatable bonds is 6. The van der Waals surface area contributed by atoms with E-state index in [0.717, 1.165) is 45.4 Å². The molecule has 2 fully saturated rings. The molecule has 1 amide bonds. The van der Waals surface area contributed by atoms with Crippen molar-refractivity contribution in [2.75, 3.05) is 19.8 Å². The predicted molar refractivity (Wildman–Crippen MR) is 77.0 cm³/mol. The molecule has 2 unspecified atom stereocenters. The number of amides is 1. The second-order valence-electron chi connectivity index (χ2n) is 6.44. The summed E-state index contributed by atoms with van der Waals surface area (Å²) in [7, 11) is 0. The number of carbonyl (C=O) groups excluding carboxylic acids is 1. The summed E-state index contributed by atoms with van der Waals surface area (Å²) < 4.78 is 5.56. The fraction of sp³-hybridized carbons (Fsp3) is 0.938. The molecule has 0 aromatic carbocycles. The van der Waals surface area contributed by atoms with Crippen LogP contribution in [0.15, 0.2) is 0 Å². The zero-order valence-electron chi connectivity index (χ0n) is 12.8. The van der Waals surface area contributed by atoms with Gasteiger partial charge in [-0.05, 0) is 43.4 Å². The van der Waals surface area contributed by atoms with Crippen molar-refractivity contribution in [3.8, 4) is 0 Å². The molecule has 1 heterocycles. The molecule has 1 aliphatic heterocycles. The minimum atomic E-state index is 0.177. The van der Waals surface area contributed by atoms with Gasteiger partial charge < -0.3 is 9.64 Å². The summed E-state index contributed by atoms with van der Waals surface area (Å²) >= 11 is 0. The Kier molecular flexibility index (Phi) is 4.88. The Morgan fingerprint density at radius 1 is 1.37 bits per heavy atom. The van der Waals surface area contributed by atoms with Crippen LogP contribution in [0, 0.1) is 11.3 Å². The van der Waals surface area contributed by atoms with Crippen molar-refractivity contribution in [3.05, 3.63) is 0 Å². The topological polar surface area (TPSA) is 29.5 Å².